The van der Waals surface area contributed by atoms with Gasteiger partial charge < -0.3 is 10.2 Å². The monoisotopic (exact) mass is 266 g/mol. The van der Waals surface area contributed by atoms with Gasteiger partial charge in [-0.3, -0.25) is 0 Å². The summed E-state index contributed by atoms with van der Waals surface area (Å²) in [4.78, 5) is 5.35. The maximum Gasteiger partial charge on any atom is 0.0300 e. The molecule has 1 aromatic rings. The lowest BCUT2D eigenvalue weighted by atomic mass is 10.1. The van der Waals surface area contributed by atoms with E-state index in [4.69, 9.17) is 0 Å². The lowest BCUT2D eigenvalue weighted by molar-refractivity contribution is 0.277. The van der Waals surface area contributed by atoms with Crippen LogP contribution in [-0.2, 0) is 6.54 Å². The van der Waals surface area contributed by atoms with Gasteiger partial charge in [0, 0.05) is 35.9 Å². The highest BCUT2D eigenvalue weighted by molar-refractivity contribution is 7.11. The van der Waals surface area contributed by atoms with Crippen LogP contribution in [-0.4, -0.2) is 31.6 Å². The van der Waals surface area contributed by atoms with Crippen molar-refractivity contribution in [1.82, 2.24) is 10.2 Å². The van der Waals surface area contributed by atoms with Crippen LogP contribution in [0.5, 0.6) is 0 Å². The van der Waals surface area contributed by atoms with E-state index in [1.807, 2.05) is 11.3 Å². The molecule has 0 saturated heterocycles. The van der Waals surface area contributed by atoms with Crippen LogP contribution >= 0.6 is 11.3 Å². The van der Waals surface area contributed by atoms with Crippen LogP contribution in [0.1, 0.15) is 35.4 Å². The molecule has 0 aliphatic heterocycles. The lowest BCUT2D eigenvalue weighted by Crippen LogP contribution is -2.31. The Kier molecular flexibility index (Phi) is 5.67. The number of hydrogen-bond acceptors (Lipinski definition) is 3. The fraction of sp³-hybridized carbons (Fsp3) is 0.733. The van der Waals surface area contributed by atoms with Gasteiger partial charge in [-0.2, -0.15) is 0 Å². The Morgan fingerprint density at radius 2 is 2.11 bits per heavy atom. The molecule has 0 atom stereocenters. The Morgan fingerprint density at radius 3 is 2.78 bits per heavy atom. The molecule has 18 heavy (non-hydrogen) atoms. The zero-order valence-electron chi connectivity index (χ0n) is 11.7. The molecule has 1 saturated carbocycles. The fourth-order valence-corrected chi connectivity index (χ4v) is 3.65. The quantitative estimate of drug-likeness (QED) is 0.762. The summed E-state index contributed by atoms with van der Waals surface area (Å²) >= 11 is 1.90. The van der Waals surface area contributed by atoms with Gasteiger partial charge in [-0.15, -0.1) is 11.3 Å². The van der Waals surface area contributed by atoms with Gasteiger partial charge in [-0.05, 0) is 44.9 Å². The summed E-state index contributed by atoms with van der Waals surface area (Å²) in [6.45, 7) is 6.75. The van der Waals surface area contributed by atoms with Crippen molar-refractivity contribution in [2.24, 2.45) is 5.92 Å². The minimum absolute atomic E-state index is 0.968. The molecule has 102 valence electrons. The van der Waals surface area contributed by atoms with E-state index < -0.39 is 0 Å². The molecule has 0 spiro atoms. The normalized spacial score (nSPS) is 16.8. The average molecular weight is 266 g/mol. The zero-order chi connectivity index (χ0) is 12.8. The van der Waals surface area contributed by atoms with E-state index in [2.05, 4.69) is 36.3 Å². The molecule has 2 nitrogen and oxygen atoms in total. The third-order valence-electron chi connectivity index (χ3n) is 3.81. The van der Waals surface area contributed by atoms with Crippen molar-refractivity contribution >= 4 is 11.3 Å². The maximum atomic E-state index is 3.54. The highest BCUT2D eigenvalue weighted by Crippen LogP contribution is 2.24. The zero-order valence-corrected chi connectivity index (χ0v) is 12.6. The van der Waals surface area contributed by atoms with Gasteiger partial charge in [-0.1, -0.05) is 12.8 Å². The van der Waals surface area contributed by atoms with E-state index >= 15 is 0 Å². The first kappa shape index (κ1) is 14.0. The second-order valence-corrected chi connectivity index (χ2v) is 6.97. The topological polar surface area (TPSA) is 15.3 Å². The third kappa shape index (κ3) is 4.71. The van der Waals surface area contributed by atoms with Crippen LogP contribution in [0.25, 0.3) is 0 Å². The summed E-state index contributed by atoms with van der Waals surface area (Å²) < 4.78 is 0. The fourth-order valence-electron chi connectivity index (χ4n) is 2.79. The highest BCUT2D eigenvalue weighted by atomic mass is 32.1. The number of nitrogens with one attached hydrogen (secondary N) is 1. The second kappa shape index (κ2) is 7.27. The Bertz CT molecular complexity index is 342. The van der Waals surface area contributed by atoms with Crippen LogP contribution in [0.15, 0.2) is 12.1 Å². The molecular weight excluding hydrogens is 240 g/mol. The first-order valence-electron chi connectivity index (χ1n) is 7.18. The molecule has 2 rings (SSSR count). The highest BCUT2D eigenvalue weighted by Gasteiger charge is 2.16. The molecular formula is C15H26N2S. The minimum Gasteiger partial charge on any atom is -0.311 e. The second-order valence-electron chi connectivity index (χ2n) is 5.60. The summed E-state index contributed by atoms with van der Waals surface area (Å²) in [5.41, 5.74) is 0. The summed E-state index contributed by atoms with van der Waals surface area (Å²) in [5.74, 6) is 0.968. The summed E-state index contributed by atoms with van der Waals surface area (Å²) in [7, 11) is 2.26. The van der Waals surface area contributed by atoms with Crippen molar-refractivity contribution in [1.29, 1.82) is 0 Å². The van der Waals surface area contributed by atoms with Crippen molar-refractivity contribution in [2.45, 2.75) is 39.2 Å². The van der Waals surface area contributed by atoms with Crippen LogP contribution in [0.4, 0.5) is 0 Å². The van der Waals surface area contributed by atoms with Gasteiger partial charge in [0.15, 0.2) is 0 Å². The van der Waals surface area contributed by atoms with Crippen LogP contribution in [0.2, 0.25) is 0 Å². The number of nitrogens with zero attached hydrogens (tertiary/aromatic N) is 1. The molecule has 0 amide bonds. The molecule has 1 aliphatic carbocycles. The third-order valence-corrected chi connectivity index (χ3v) is 4.81. The van der Waals surface area contributed by atoms with Crippen molar-refractivity contribution in [3.8, 4) is 0 Å². The van der Waals surface area contributed by atoms with Gasteiger partial charge in [0.05, 0.1) is 0 Å². The van der Waals surface area contributed by atoms with Crippen molar-refractivity contribution in [3.63, 3.8) is 0 Å². The largest absolute Gasteiger partial charge is 0.311 e. The van der Waals surface area contributed by atoms with Crippen molar-refractivity contribution in [3.05, 3.63) is 21.9 Å². The first-order chi connectivity index (χ1) is 8.74. The molecule has 0 bridgehead atoms. The smallest absolute Gasteiger partial charge is 0.0300 e. The van der Waals surface area contributed by atoms with Crippen molar-refractivity contribution in [2.75, 3.05) is 26.7 Å². The van der Waals surface area contributed by atoms with E-state index in [1.54, 1.807) is 0 Å². The molecule has 0 aromatic carbocycles. The molecule has 1 fully saturated rings. The van der Waals surface area contributed by atoms with Gasteiger partial charge in [0.1, 0.15) is 0 Å². The molecule has 3 heteroatoms. The van der Waals surface area contributed by atoms with Gasteiger partial charge in [0.2, 0.25) is 0 Å². The number of thiophene rings is 1. The minimum atomic E-state index is 0.968. The lowest BCUT2D eigenvalue weighted by Gasteiger charge is -2.20. The van der Waals surface area contributed by atoms with E-state index in [-0.39, 0.29) is 0 Å². The maximum absolute atomic E-state index is 3.54. The van der Waals surface area contributed by atoms with Crippen molar-refractivity contribution < 1.29 is 0 Å². The predicted molar refractivity (Wildman–Crippen MR) is 80.2 cm³/mol. The van der Waals surface area contributed by atoms with Gasteiger partial charge in [-0.25, -0.2) is 0 Å². The van der Waals surface area contributed by atoms with E-state index in [1.165, 1.54) is 48.5 Å². The van der Waals surface area contributed by atoms with Gasteiger partial charge >= 0.3 is 0 Å². The number of hydrogen-bond donors (Lipinski definition) is 1. The number of likely N-dealkylation sites (N-methyl/N-ethyl adjacent to an activating group) is 1. The number of rotatable bonds is 7. The van der Waals surface area contributed by atoms with Crippen LogP contribution < -0.4 is 5.32 Å². The predicted octanol–water partition coefficient (Wildman–Crippen LogP) is 3.27. The molecule has 1 aromatic heterocycles. The van der Waals surface area contributed by atoms with E-state index in [9.17, 15) is 0 Å². The summed E-state index contributed by atoms with van der Waals surface area (Å²) in [6, 6.07) is 4.43. The number of aryl methyl sites for hydroxylation is 1. The molecule has 0 radical (unpaired) electrons. The standard InChI is InChI=1S/C15H26N2S/c1-13-7-8-15(18-13)11-16-9-10-17(2)12-14-5-3-4-6-14/h7-8,14,16H,3-6,9-12H2,1-2H3. The molecule has 1 heterocycles. The SMILES string of the molecule is Cc1ccc(CNCCN(C)CC2CCCC2)s1. The Morgan fingerprint density at radius 1 is 1.33 bits per heavy atom. The molecule has 1 aliphatic rings. The van der Waals surface area contributed by atoms with Gasteiger partial charge in [0.25, 0.3) is 0 Å². The summed E-state index contributed by atoms with van der Waals surface area (Å²) in [6.07, 6.45) is 5.81. The first-order valence-corrected chi connectivity index (χ1v) is 8.00. The molecule has 0 unspecified atom stereocenters. The van der Waals surface area contributed by atoms with E-state index in [0.29, 0.717) is 0 Å². The van der Waals surface area contributed by atoms with E-state index in [0.717, 1.165) is 19.0 Å². The Hall–Kier alpha value is -0.380. The Balaban J connectivity index is 1.54. The van der Waals surface area contributed by atoms with Crippen LogP contribution in [0.3, 0.4) is 0 Å². The van der Waals surface area contributed by atoms with Crippen LogP contribution in [0, 0.1) is 12.8 Å². The average Bonchev–Trinajstić information content (AvgIpc) is 2.96. The summed E-state index contributed by atoms with van der Waals surface area (Å²) in [5, 5.41) is 3.54. The Labute approximate surface area is 115 Å². The molecule has 1 N–H and O–H groups in total.